The van der Waals surface area contributed by atoms with Gasteiger partial charge in [0.1, 0.15) is 6.04 Å². The first-order valence-electron chi connectivity index (χ1n) is 14.8. The van der Waals surface area contributed by atoms with Crippen LogP contribution in [0.5, 0.6) is 0 Å². The first kappa shape index (κ1) is 25.4. The number of hydrogen-bond acceptors (Lipinski definition) is 5. The molecule has 5 fully saturated rings. The fraction of sp³-hybridized carbons (Fsp3) is 0.700. The van der Waals surface area contributed by atoms with Gasteiger partial charge in [-0.05, 0) is 76.0 Å². The monoisotopic (exact) mass is 540 g/mol. The number of amides is 3. The third kappa shape index (κ3) is 4.45. The van der Waals surface area contributed by atoms with E-state index in [4.69, 9.17) is 0 Å². The molecule has 9 heteroatoms. The van der Waals surface area contributed by atoms with Gasteiger partial charge in [0.25, 0.3) is 11.8 Å². The van der Waals surface area contributed by atoms with Crippen molar-refractivity contribution in [2.45, 2.75) is 107 Å². The minimum absolute atomic E-state index is 0.0593. The Bertz CT molecular complexity index is 1210. The molecule has 3 amide bonds. The summed E-state index contributed by atoms with van der Waals surface area (Å²) in [5, 5.41) is 6.30. The summed E-state index contributed by atoms with van der Waals surface area (Å²) in [6.07, 6.45) is 10.1. The van der Waals surface area contributed by atoms with Crippen LogP contribution in [0.2, 0.25) is 0 Å². The smallest absolute Gasteiger partial charge is 0.255 e. The minimum atomic E-state index is -2.47. The number of nitrogens with zero attached hydrogens (tertiary/aromatic N) is 2. The van der Waals surface area contributed by atoms with Crippen molar-refractivity contribution >= 4 is 23.4 Å². The maximum Gasteiger partial charge on any atom is 0.255 e. The standard InChI is InChI=1S/C30H38F2N4O3/c31-30(32)17-28(30)14-15-35(18-28)20-9-12-29(13-10-20,11-8-19-4-5-19)34-23-3-1-2-21-22(23)16-36(27(21)39)24-6-7-25(37)33-26(24)38/h1-3,19-20,24,34H,4-18H2,(H,33,37,38)/t20?,24-,28-,29?/m0/s1. The number of halogens is 2. The zero-order valence-electron chi connectivity index (χ0n) is 22.4. The van der Waals surface area contributed by atoms with Crippen LogP contribution >= 0.6 is 0 Å². The van der Waals surface area contributed by atoms with Crippen molar-refractivity contribution in [3.05, 3.63) is 29.3 Å². The van der Waals surface area contributed by atoms with Crippen molar-refractivity contribution in [1.29, 1.82) is 0 Å². The number of carbonyl (C=O) groups is 3. The number of hydrogen-bond donors (Lipinski definition) is 2. The molecular weight excluding hydrogens is 502 g/mol. The number of imide groups is 1. The molecule has 2 N–H and O–H groups in total. The lowest BCUT2D eigenvalue weighted by atomic mass is 9.75. The van der Waals surface area contributed by atoms with Gasteiger partial charge >= 0.3 is 0 Å². The molecule has 1 aromatic carbocycles. The molecule has 3 aliphatic heterocycles. The molecule has 1 aromatic rings. The number of benzene rings is 1. The summed E-state index contributed by atoms with van der Waals surface area (Å²) < 4.78 is 28.0. The highest BCUT2D eigenvalue weighted by Gasteiger charge is 2.72. The molecule has 7 rings (SSSR count). The van der Waals surface area contributed by atoms with Gasteiger partial charge < -0.3 is 10.2 Å². The van der Waals surface area contributed by atoms with Crippen LogP contribution < -0.4 is 10.6 Å². The quantitative estimate of drug-likeness (QED) is 0.499. The number of nitrogens with one attached hydrogen (secondary N) is 2. The largest absolute Gasteiger partial charge is 0.379 e. The lowest BCUT2D eigenvalue weighted by Gasteiger charge is -2.44. The summed E-state index contributed by atoms with van der Waals surface area (Å²) in [6, 6.07) is 5.52. The summed E-state index contributed by atoms with van der Waals surface area (Å²) in [5.41, 5.74) is 1.68. The highest BCUT2D eigenvalue weighted by atomic mass is 19.3. The molecule has 210 valence electrons. The molecule has 0 radical (unpaired) electrons. The predicted molar refractivity (Wildman–Crippen MR) is 141 cm³/mol. The van der Waals surface area contributed by atoms with Crippen LogP contribution in [0.25, 0.3) is 0 Å². The van der Waals surface area contributed by atoms with Crippen LogP contribution in [0.3, 0.4) is 0 Å². The molecule has 0 bridgehead atoms. The van der Waals surface area contributed by atoms with Crippen LogP contribution in [0.4, 0.5) is 14.5 Å². The number of rotatable bonds is 7. The van der Waals surface area contributed by atoms with Crippen LogP contribution in [0, 0.1) is 11.3 Å². The van der Waals surface area contributed by atoms with Gasteiger partial charge in [0.05, 0.1) is 5.41 Å². The third-order valence-electron chi connectivity index (χ3n) is 10.7. The first-order valence-corrected chi connectivity index (χ1v) is 14.8. The molecule has 3 aliphatic carbocycles. The number of alkyl halides is 2. The number of carbonyl (C=O) groups excluding carboxylic acids is 3. The van der Waals surface area contributed by atoms with E-state index in [1.165, 1.54) is 19.3 Å². The van der Waals surface area contributed by atoms with E-state index in [1.807, 2.05) is 18.2 Å². The normalized spacial score (nSPS) is 35.8. The van der Waals surface area contributed by atoms with E-state index in [0.29, 0.717) is 37.5 Å². The first-order chi connectivity index (χ1) is 18.7. The van der Waals surface area contributed by atoms with Crippen LogP contribution in [0.1, 0.15) is 93.0 Å². The number of piperidine rings is 1. The Morgan fingerprint density at radius 2 is 1.79 bits per heavy atom. The summed E-state index contributed by atoms with van der Waals surface area (Å²) in [5.74, 6) is -2.50. The second kappa shape index (κ2) is 8.98. The molecule has 3 heterocycles. The van der Waals surface area contributed by atoms with E-state index in [2.05, 4.69) is 15.5 Å². The van der Waals surface area contributed by atoms with Crippen LogP contribution in [0.15, 0.2) is 18.2 Å². The van der Waals surface area contributed by atoms with Gasteiger partial charge in [0.15, 0.2) is 0 Å². The lowest BCUT2D eigenvalue weighted by molar-refractivity contribution is -0.136. The van der Waals surface area contributed by atoms with E-state index >= 15 is 0 Å². The Kier molecular flexibility index (Phi) is 5.85. The van der Waals surface area contributed by atoms with Crippen molar-refractivity contribution in [2.75, 3.05) is 18.4 Å². The number of likely N-dealkylation sites (tertiary alicyclic amines) is 1. The molecule has 0 aromatic heterocycles. The Morgan fingerprint density at radius 1 is 1.03 bits per heavy atom. The Morgan fingerprint density at radius 3 is 2.46 bits per heavy atom. The minimum Gasteiger partial charge on any atom is -0.379 e. The summed E-state index contributed by atoms with van der Waals surface area (Å²) in [4.78, 5) is 41.5. The van der Waals surface area contributed by atoms with Crippen LogP contribution in [-0.4, -0.2) is 64.2 Å². The maximum atomic E-state index is 14.0. The number of fused-ring (bicyclic) bond motifs is 1. The molecule has 3 saturated carbocycles. The maximum absolute atomic E-state index is 14.0. The fourth-order valence-corrected chi connectivity index (χ4v) is 7.87. The van der Waals surface area contributed by atoms with E-state index in [0.717, 1.165) is 55.8 Å². The lowest BCUT2D eigenvalue weighted by Crippen LogP contribution is -2.52. The highest BCUT2D eigenvalue weighted by Crippen LogP contribution is 2.65. The summed E-state index contributed by atoms with van der Waals surface area (Å²) >= 11 is 0. The van der Waals surface area contributed by atoms with Crippen molar-refractivity contribution in [3.8, 4) is 0 Å². The SMILES string of the molecule is O=C1CC[C@H](N2Cc3c(NC4(CCC5CC5)CCC(N5CC[C@@]6(C5)CC6(F)F)CC4)cccc3C2=O)C(=O)N1. The van der Waals surface area contributed by atoms with Crippen molar-refractivity contribution in [1.82, 2.24) is 15.1 Å². The van der Waals surface area contributed by atoms with Gasteiger partial charge in [0, 0.05) is 54.3 Å². The van der Waals surface area contributed by atoms with E-state index in [9.17, 15) is 23.2 Å². The van der Waals surface area contributed by atoms with Gasteiger partial charge in [-0.15, -0.1) is 0 Å². The van der Waals surface area contributed by atoms with Gasteiger partial charge in [0.2, 0.25) is 11.8 Å². The molecule has 6 aliphatic rings. The van der Waals surface area contributed by atoms with Gasteiger partial charge in [-0.25, -0.2) is 8.78 Å². The zero-order chi connectivity index (χ0) is 27.0. The molecule has 1 spiro atoms. The Hall–Kier alpha value is -2.55. The topological polar surface area (TPSA) is 81.8 Å². The second-order valence-electron chi connectivity index (χ2n) is 13.2. The average Bonchev–Trinajstić information content (AvgIpc) is 3.72. The van der Waals surface area contributed by atoms with Crippen LogP contribution in [-0.2, 0) is 16.1 Å². The van der Waals surface area contributed by atoms with Gasteiger partial charge in [-0.1, -0.05) is 18.9 Å². The van der Waals surface area contributed by atoms with Crippen molar-refractivity contribution < 1.29 is 23.2 Å². The van der Waals surface area contributed by atoms with E-state index < -0.39 is 23.3 Å². The summed E-state index contributed by atoms with van der Waals surface area (Å²) in [7, 11) is 0. The van der Waals surface area contributed by atoms with Crippen molar-refractivity contribution in [2.24, 2.45) is 11.3 Å². The number of anilines is 1. The molecular formula is C30H38F2N4O3. The van der Waals surface area contributed by atoms with E-state index in [-0.39, 0.29) is 30.2 Å². The molecule has 39 heavy (non-hydrogen) atoms. The molecule has 2 saturated heterocycles. The highest BCUT2D eigenvalue weighted by molar-refractivity contribution is 6.06. The third-order valence-corrected chi connectivity index (χ3v) is 10.7. The van der Waals surface area contributed by atoms with E-state index in [1.54, 1.807) is 4.90 Å². The Labute approximate surface area is 228 Å². The Balaban J connectivity index is 1.07. The molecule has 7 nitrogen and oxygen atoms in total. The molecule has 0 unspecified atom stereocenters. The summed E-state index contributed by atoms with van der Waals surface area (Å²) in [6.45, 7) is 1.68. The average molecular weight is 541 g/mol. The van der Waals surface area contributed by atoms with Gasteiger partial charge in [-0.3, -0.25) is 24.6 Å². The second-order valence-corrected chi connectivity index (χ2v) is 13.2. The van der Waals surface area contributed by atoms with Gasteiger partial charge in [-0.2, -0.15) is 0 Å². The van der Waals surface area contributed by atoms with Crippen molar-refractivity contribution in [3.63, 3.8) is 0 Å². The molecule has 2 atom stereocenters. The predicted octanol–water partition coefficient (Wildman–Crippen LogP) is 4.46. The fourth-order valence-electron chi connectivity index (χ4n) is 7.87. The zero-order valence-corrected chi connectivity index (χ0v) is 22.4.